The number of carbonyl (C=O) groups is 3. The molecule has 4 bridgehead atoms. The minimum absolute atomic E-state index is 0.0213. The zero-order valence-electron chi connectivity index (χ0n) is 15.9. The molecule has 4 rings (SSSR count). The number of rotatable bonds is 5. The predicted octanol–water partition coefficient (Wildman–Crippen LogP) is 1.48. The third kappa shape index (κ3) is 4.43. The number of hydrazone groups is 1. The van der Waals surface area contributed by atoms with E-state index in [4.69, 9.17) is 0 Å². The average Bonchev–Trinajstić information content (AvgIpc) is 2.49. The first-order valence-corrected chi connectivity index (χ1v) is 9.69. The van der Waals surface area contributed by atoms with Gasteiger partial charge in [-0.1, -0.05) is 0 Å². The van der Waals surface area contributed by atoms with Gasteiger partial charge in [-0.2, -0.15) is 5.10 Å². The third-order valence-corrected chi connectivity index (χ3v) is 5.83. The molecule has 0 radical (unpaired) electrons. The van der Waals surface area contributed by atoms with Crippen LogP contribution in [-0.4, -0.2) is 35.0 Å². The van der Waals surface area contributed by atoms with E-state index in [1.807, 2.05) is 0 Å². The first-order chi connectivity index (χ1) is 12.2. The van der Waals surface area contributed by atoms with Crippen molar-refractivity contribution in [3.63, 3.8) is 0 Å². The first-order valence-electron chi connectivity index (χ1n) is 9.69. The second-order valence-corrected chi connectivity index (χ2v) is 8.84. The van der Waals surface area contributed by atoms with Gasteiger partial charge in [-0.05, 0) is 77.0 Å². The van der Waals surface area contributed by atoms with Crippen LogP contribution in [0.3, 0.4) is 0 Å². The highest BCUT2D eigenvalue weighted by atomic mass is 16.2. The van der Waals surface area contributed by atoms with E-state index in [0.29, 0.717) is 5.71 Å². The first kappa shape index (κ1) is 18.9. The van der Waals surface area contributed by atoms with Crippen LogP contribution < -0.4 is 16.1 Å². The highest BCUT2D eigenvalue weighted by molar-refractivity contribution is 6.35. The largest absolute Gasteiger partial charge is 0.350 e. The topological polar surface area (TPSA) is 99.7 Å². The molecule has 144 valence electrons. The zero-order valence-corrected chi connectivity index (χ0v) is 15.9. The molecule has 4 saturated carbocycles. The van der Waals surface area contributed by atoms with Crippen molar-refractivity contribution in [2.24, 2.45) is 22.9 Å². The summed E-state index contributed by atoms with van der Waals surface area (Å²) in [7, 11) is 0. The van der Waals surface area contributed by atoms with Crippen molar-refractivity contribution in [2.45, 2.75) is 77.3 Å². The van der Waals surface area contributed by atoms with Crippen molar-refractivity contribution in [1.29, 1.82) is 0 Å². The normalized spacial score (nSPS) is 32.5. The molecular formula is C19H30N4O3. The van der Waals surface area contributed by atoms with Crippen LogP contribution in [0.4, 0.5) is 0 Å². The summed E-state index contributed by atoms with van der Waals surface area (Å²) in [5.41, 5.74) is 2.67. The molecule has 0 aromatic carbocycles. The van der Waals surface area contributed by atoms with Gasteiger partial charge < -0.3 is 10.6 Å². The lowest BCUT2D eigenvalue weighted by Crippen LogP contribution is -2.60. The molecule has 4 aliphatic carbocycles. The Morgan fingerprint density at radius 3 is 2.04 bits per heavy atom. The van der Waals surface area contributed by atoms with E-state index < -0.39 is 11.8 Å². The average molecular weight is 362 g/mol. The molecule has 7 heteroatoms. The minimum atomic E-state index is -0.820. The molecule has 0 unspecified atom stereocenters. The summed E-state index contributed by atoms with van der Waals surface area (Å²) in [4.78, 5) is 35.6. The minimum Gasteiger partial charge on any atom is -0.350 e. The molecule has 7 nitrogen and oxygen atoms in total. The summed E-state index contributed by atoms with van der Waals surface area (Å²) < 4.78 is 0. The SMILES string of the molecule is C/C(CC(=O)NC12CC3CC(CC(C3)C1)C2)=N/NC(=O)C(=O)NC(C)C. The van der Waals surface area contributed by atoms with E-state index in [-0.39, 0.29) is 23.9 Å². The molecule has 4 fully saturated rings. The van der Waals surface area contributed by atoms with Gasteiger partial charge in [0.25, 0.3) is 0 Å². The zero-order chi connectivity index (χ0) is 18.9. The Labute approximate surface area is 154 Å². The van der Waals surface area contributed by atoms with E-state index in [0.717, 1.165) is 37.0 Å². The molecule has 0 aromatic heterocycles. The molecule has 0 atom stereocenters. The molecule has 26 heavy (non-hydrogen) atoms. The van der Waals surface area contributed by atoms with Gasteiger partial charge in [-0.25, -0.2) is 5.43 Å². The summed E-state index contributed by atoms with van der Waals surface area (Å²) in [6.07, 6.45) is 7.45. The fraction of sp³-hybridized carbons (Fsp3) is 0.789. The molecule has 0 saturated heterocycles. The highest BCUT2D eigenvalue weighted by Crippen LogP contribution is 2.55. The quantitative estimate of drug-likeness (QED) is 0.392. The summed E-state index contributed by atoms with van der Waals surface area (Å²) >= 11 is 0. The second kappa shape index (κ2) is 7.37. The van der Waals surface area contributed by atoms with Crippen molar-refractivity contribution in [1.82, 2.24) is 16.1 Å². The molecule has 0 aliphatic heterocycles. The van der Waals surface area contributed by atoms with Crippen LogP contribution in [-0.2, 0) is 14.4 Å². The standard InChI is InChI=1S/C19H30N4O3/c1-11(2)20-17(25)18(26)23-22-12(3)4-16(24)21-19-8-13-5-14(9-19)7-15(6-13)10-19/h11,13-15H,4-10H2,1-3H3,(H,20,25)(H,21,24)(H,23,26)/b22-12-. The number of hydrogen-bond acceptors (Lipinski definition) is 4. The van der Waals surface area contributed by atoms with Gasteiger partial charge in [0.2, 0.25) is 5.91 Å². The number of nitrogens with one attached hydrogen (secondary N) is 3. The van der Waals surface area contributed by atoms with Gasteiger partial charge in [0.15, 0.2) is 0 Å². The maximum atomic E-state index is 12.5. The van der Waals surface area contributed by atoms with Crippen LogP contribution in [0.15, 0.2) is 5.10 Å². The maximum absolute atomic E-state index is 12.5. The maximum Gasteiger partial charge on any atom is 0.329 e. The lowest BCUT2D eigenvalue weighted by Gasteiger charge is -2.56. The van der Waals surface area contributed by atoms with E-state index in [1.165, 1.54) is 19.3 Å². The lowest BCUT2D eigenvalue weighted by atomic mass is 9.53. The van der Waals surface area contributed by atoms with Gasteiger partial charge in [0.05, 0.1) is 6.42 Å². The van der Waals surface area contributed by atoms with Crippen LogP contribution in [0.5, 0.6) is 0 Å². The molecule has 3 N–H and O–H groups in total. The Morgan fingerprint density at radius 2 is 1.54 bits per heavy atom. The highest BCUT2D eigenvalue weighted by Gasteiger charge is 2.51. The van der Waals surface area contributed by atoms with Crippen molar-refractivity contribution < 1.29 is 14.4 Å². The molecule has 0 heterocycles. The van der Waals surface area contributed by atoms with Crippen molar-refractivity contribution in [3.05, 3.63) is 0 Å². The third-order valence-electron chi connectivity index (χ3n) is 5.83. The van der Waals surface area contributed by atoms with Crippen LogP contribution in [0.2, 0.25) is 0 Å². The summed E-state index contributed by atoms with van der Waals surface area (Å²) in [5.74, 6) is 0.725. The van der Waals surface area contributed by atoms with Crippen molar-refractivity contribution >= 4 is 23.4 Å². The van der Waals surface area contributed by atoms with Crippen LogP contribution in [0, 0.1) is 17.8 Å². The Balaban J connectivity index is 1.49. The molecule has 0 aromatic rings. The van der Waals surface area contributed by atoms with E-state index in [9.17, 15) is 14.4 Å². The van der Waals surface area contributed by atoms with E-state index in [1.54, 1.807) is 20.8 Å². The Morgan fingerprint density at radius 1 is 1.00 bits per heavy atom. The van der Waals surface area contributed by atoms with Crippen molar-refractivity contribution in [2.75, 3.05) is 0 Å². The Kier molecular flexibility index (Phi) is 5.34. The second-order valence-electron chi connectivity index (χ2n) is 8.84. The van der Waals surface area contributed by atoms with Gasteiger partial charge in [0, 0.05) is 17.3 Å². The van der Waals surface area contributed by atoms with Crippen LogP contribution in [0.25, 0.3) is 0 Å². The summed E-state index contributed by atoms with van der Waals surface area (Å²) in [6, 6.07) is -0.121. The fourth-order valence-electron chi connectivity index (χ4n) is 5.40. The number of nitrogens with zero attached hydrogens (tertiary/aromatic N) is 1. The van der Waals surface area contributed by atoms with Gasteiger partial charge in [0.1, 0.15) is 0 Å². The predicted molar refractivity (Wildman–Crippen MR) is 98.2 cm³/mol. The number of amides is 3. The van der Waals surface area contributed by atoms with Crippen molar-refractivity contribution in [3.8, 4) is 0 Å². The monoisotopic (exact) mass is 362 g/mol. The van der Waals surface area contributed by atoms with E-state index >= 15 is 0 Å². The molecule has 4 aliphatic rings. The molecule has 0 spiro atoms. The van der Waals surface area contributed by atoms with Crippen LogP contribution in [0.1, 0.15) is 65.7 Å². The number of carbonyl (C=O) groups excluding carboxylic acids is 3. The van der Waals surface area contributed by atoms with Gasteiger partial charge in [-0.15, -0.1) is 0 Å². The van der Waals surface area contributed by atoms with Gasteiger partial charge >= 0.3 is 11.8 Å². The van der Waals surface area contributed by atoms with E-state index in [2.05, 4.69) is 21.2 Å². The molecule has 3 amide bonds. The Bertz CT molecular complexity index is 591. The fourth-order valence-corrected chi connectivity index (χ4v) is 5.40. The molecular weight excluding hydrogens is 332 g/mol. The summed E-state index contributed by atoms with van der Waals surface area (Å²) in [6.45, 7) is 5.23. The lowest BCUT2D eigenvalue weighted by molar-refractivity contribution is -0.139. The van der Waals surface area contributed by atoms with Crippen LogP contribution >= 0.6 is 0 Å². The number of hydrogen-bond donors (Lipinski definition) is 3. The smallest absolute Gasteiger partial charge is 0.329 e. The summed E-state index contributed by atoms with van der Waals surface area (Å²) in [5, 5.41) is 9.66. The van der Waals surface area contributed by atoms with Gasteiger partial charge in [-0.3, -0.25) is 14.4 Å². The Hall–Kier alpha value is -1.92.